The first kappa shape index (κ1) is 18.9. The summed E-state index contributed by atoms with van der Waals surface area (Å²) in [6.45, 7) is 3.77. The predicted octanol–water partition coefficient (Wildman–Crippen LogP) is 3.54. The van der Waals surface area contributed by atoms with Crippen LogP contribution in [0.25, 0.3) is 0 Å². The van der Waals surface area contributed by atoms with E-state index in [0.29, 0.717) is 5.69 Å². The molecule has 0 saturated heterocycles. The standard InChI is InChI=1S/C19H19N3O4/c1-14-8-9-16(12-15(14)2)21(11-5-10-20)19(23)13-26-18-7-4-3-6-17(18)22(24)25/h3-4,6-9,12H,5,11,13H2,1-2H3. The van der Waals surface area contributed by atoms with Crippen LogP contribution < -0.4 is 9.64 Å². The third kappa shape index (κ3) is 4.57. The number of carbonyl (C=O) groups is 1. The van der Waals surface area contributed by atoms with Crippen molar-refractivity contribution in [3.63, 3.8) is 0 Å². The Balaban J connectivity index is 2.18. The second-order valence-corrected chi connectivity index (χ2v) is 5.74. The van der Waals surface area contributed by atoms with Gasteiger partial charge in [-0.25, -0.2) is 0 Å². The lowest BCUT2D eigenvalue weighted by molar-refractivity contribution is -0.385. The minimum absolute atomic E-state index is 0.0335. The number of para-hydroxylation sites is 2. The second-order valence-electron chi connectivity index (χ2n) is 5.74. The zero-order valence-corrected chi connectivity index (χ0v) is 14.6. The highest BCUT2D eigenvalue weighted by Gasteiger charge is 2.19. The minimum Gasteiger partial charge on any atom is -0.477 e. The highest BCUT2D eigenvalue weighted by molar-refractivity contribution is 5.94. The van der Waals surface area contributed by atoms with E-state index in [4.69, 9.17) is 10.00 Å². The molecular formula is C19H19N3O4. The molecule has 0 aliphatic heterocycles. The summed E-state index contributed by atoms with van der Waals surface area (Å²) in [5.41, 5.74) is 2.59. The van der Waals surface area contributed by atoms with Gasteiger partial charge in [-0.15, -0.1) is 0 Å². The number of aryl methyl sites for hydroxylation is 2. The topological polar surface area (TPSA) is 96.5 Å². The van der Waals surface area contributed by atoms with E-state index in [1.807, 2.05) is 38.1 Å². The maximum atomic E-state index is 12.6. The van der Waals surface area contributed by atoms with Gasteiger partial charge in [-0.05, 0) is 43.2 Å². The second kappa shape index (κ2) is 8.62. The fourth-order valence-electron chi connectivity index (χ4n) is 2.40. The van der Waals surface area contributed by atoms with Crippen LogP contribution in [0.4, 0.5) is 11.4 Å². The summed E-state index contributed by atoms with van der Waals surface area (Å²) in [5.74, 6) is -0.340. The molecule has 0 spiro atoms. The normalized spacial score (nSPS) is 10.0. The number of nitriles is 1. The van der Waals surface area contributed by atoms with Gasteiger partial charge in [0.15, 0.2) is 12.4 Å². The molecule has 7 heteroatoms. The van der Waals surface area contributed by atoms with Gasteiger partial charge in [0.25, 0.3) is 5.91 Å². The molecule has 2 aromatic carbocycles. The van der Waals surface area contributed by atoms with Crippen LogP contribution in [0.2, 0.25) is 0 Å². The molecule has 0 bridgehead atoms. The lowest BCUT2D eigenvalue weighted by Gasteiger charge is -2.22. The number of anilines is 1. The molecule has 134 valence electrons. The van der Waals surface area contributed by atoms with Crippen molar-refractivity contribution >= 4 is 17.3 Å². The summed E-state index contributed by atoms with van der Waals surface area (Å²) in [6, 6.07) is 13.5. The first-order chi connectivity index (χ1) is 12.4. The number of nitro benzene ring substituents is 1. The maximum absolute atomic E-state index is 12.6. The predicted molar refractivity (Wildman–Crippen MR) is 97.1 cm³/mol. The molecule has 2 aromatic rings. The number of rotatable bonds is 7. The fraction of sp³-hybridized carbons (Fsp3) is 0.263. The van der Waals surface area contributed by atoms with Gasteiger partial charge in [0, 0.05) is 18.3 Å². The smallest absolute Gasteiger partial charge is 0.310 e. The Kier molecular flexibility index (Phi) is 6.28. The Bertz CT molecular complexity index is 858. The number of ether oxygens (including phenoxy) is 1. The van der Waals surface area contributed by atoms with E-state index in [-0.39, 0.29) is 36.9 Å². The van der Waals surface area contributed by atoms with E-state index < -0.39 is 4.92 Å². The molecule has 0 fully saturated rings. The molecule has 2 rings (SSSR count). The van der Waals surface area contributed by atoms with Gasteiger partial charge in [0.1, 0.15) is 0 Å². The number of hydrogen-bond acceptors (Lipinski definition) is 5. The van der Waals surface area contributed by atoms with Gasteiger partial charge in [-0.2, -0.15) is 5.26 Å². The van der Waals surface area contributed by atoms with Crippen molar-refractivity contribution in [1.29, 1.82) is 5.26 Å². The fourth-order valence-corrected chi connectivity index (χ4v) is 2.40. The number of nitrogens with zero attached hydrogens (tertiary/aromatic N) is 3. The van der Waals surface area contributed by atoms with Crippen molar-refractivity contribution in [3.8, 4) is 11.8 Å². The van der Waals surface area contributed by atoms with Crippen molar-refractivity contribution in [2.24, 2.45) is 0 Å². The van der Waals surface area contributed by atoms with Gasteiger partial charge in [0.05, 0.1) is 17.4 Å². The molecule has 1 amide bonds. The van der Waals surface area contributed by atoms with E-state index in [9.17, 15) is 14.9 Å². The summed E-state index contributed by atoms with van der Waals surface area (Å²) >= 11 is 0. The Labute approximate surface area is 151 Å². The zero-order chi connectivity index (χ0) is 19.1. The Morgan fingerprint density at radius 3 is 2.62 bits per heavy atom. The summed E-state index contributed by atoms with van der Waals surface area (Å²) in [7, 11) is 0. The average molecular weight is 353 g/mol. The van der Waals surface area contributed by atoms with E-state index >= 15 is 0 Å². The number of benzene rings is 2. The van der Waals surface area contributed by atoms with Gasteiger partial charge in [-0.1, -0.05) is 18.2 Å². The average Bonchev–Trinajstić information content (AvgIpc) is 2.63. The lowest BCUT2D eigenvalue weighted by Crippen LogP contribution is -2.35. The molecule has 0 N–H and O–H groups in total. The largest absolute Gasteiger partial charge is 0.477 e. The van der Waals surface area contributed by atoms with Crippen LogP contribution in [0.5, 0.6) is 5.75 Å². The van der Waals surface area contributed by atoms with E-state index in [1.165, 1.54) is 23.1 Å². The molecule has 26 heavy (non-hydrogen) atoms. The van der Waals surface area contributed by atoms with Crippen molar-refractivity contribution in [3.05, 3.63) is 63.7 Å². The molecule has 0 radical (unpaired) electrons. The molecular weight excluding hydrogens is 334 g/mol. The van der Waals surface area contributed by atoms with Crippen LogP contribution in [0.3, 0.4) is 0 Å². The monoisotopic (exact) mass is 353 g/mol. The van der Waals surface area contributed by atoms with Gasteiger partial charge < -0.3 is 9.64 Å². The van der Waals surface area contributed by atoms with Crippen LogP contribution >= 0.6 is 0 Å². The molecule has 0 aliphatic rings. The van der Waals surface area contributed by atoms with Crippen molar-refractivity contribution < 1.29 is 14.5 Å². The van der Waals surface area contributed by atoms with Crippen molar-refractivity contribution in [2.45, 2.75) is 20.3 Å². The first-order valence-electron chi connectivity index (χ1n) is 8.05. The zero-order valence-electron chi connectivity index (χ0n) is 14.6. The molecule has 0 aliphatic carbocycles. The summed E-state index contributed by atoms with van der Waals surface area (Å²) in [4.78, 5) is 24.6. The van der Waals surface area contributed by atoms with Crippen LogP contribution in [0.15, 0.2) is 42.5 Å². The number of nitro groups is 1. The van der Waals surface area contributed by atoms with E-state index in [1.54, 1.807) is 6.07 Å². The molecule has 7 nitrogen and oxygen atoms in total. The summed E-state index contributed by atoms with van der Waals surface area (Å²) < 4.78 is 5.38. The van der Waals surface area contributed by atoms with E-state index in [2.05, 4.69) is 0 Å². The van der Waals surface area contributed by atoms with Crippen LogP contribution in [-0.4, -0.2) is 24.0 Å². The quantitative estimate of drug-likeness (QED) is 0.560. The third-order valence-electron chi connectivity index (χ3n) is 3.96. The lowest BCUT2D eigenvalue weighted by atomic mass is 10.1. The first-order valence-corrected chi connectivity index (χ1v) is 8.05. The van der Waals surface area contributed by atoms with Crippen molar-refractivity contribution in [2.75, 3.05) is 18.1 Å². The maximum Gasteiger partial charge on any atom is 0.310 e. The van der Waals surface area contributed by atoms with E-state index in [0.717, 1.165) is 11.1 Å². The SMILES string of the molecule is Cc1ccc(N(CCC#N)C(=O)COc2ccccc2[N+](=O)[O-])cc1C. The summed E-state index contributed by atoms with van der Waals surface area (Å²) in [6.07, 6.45) is 0.171. The molecule has 0 atom stereocenters. The van der Waals surface area contributed by atoms with Crippen LogP contribution in [-0.2, 0) is 4.79 Å². The van der Waals surface area contributed by atoms with Crippen LogP contribution in [0, 0.1) is 35.3 Å². The molecule has 0 unspecified atom stereocenters. The Morgan fingerprint density at radius 1 is 1.23 bits per heavy atom. The highest BCUT2D eigenvalue weighted by Crippen LogP contribution is 2.26. The van der Waals surface area contributed by atoms with Crippen LogP contribution in [0.1, 0.15) is 17.5 Å². The number of amides is 1. The number of hydrogen-bond donors (Lipinski definition) is 0. The Morgan fingerprint density at radius 2 is 1.96 bits per heavy atom. The Hall–Kier alpha value is -3.40. The highest BCUT2D eigenvalue weighted by atomic mass is 16.6. The van der Waals surface area contributed by atoms with Gasteiger partial charge >= 0.3 is 5.69 Å². The molecule has 0 heterocycles. The number of carbonyl (C=O) groups excluding carboxylic acids is 1. The summed E-state index contributed by atoms with van der Waals surface area (Å²) in [5, 5.41) is 19.9. The molecule has 0 aromatic heterocycles. The van der Waals surface area contributed by atoms with Crippen molar-refractivity contribution in [1.82, 2.24) is 0 Å². The van der Waals surface area contributed by atoms with Gasteiger partial charge in [0.2, 0.25) is 0 Å². The third-order valence-corrected chi connectivity index (χ3v) is 3.96. The minimum atomic E-state index is -0.559. The molecule has 0 saturated carbocycles. The van der Waals surface area contributed by atoms with Gasteiger partial charge in [-0.3, -0.25) is 14.9 Å².